The highest BCUT2D eigenvalue weighted by molar-refractivity contribution is 7.09. The predicted molar refractivity (Wildman–Crippen MR) is 81.2 cm³/mol. The average molecular weight is 306 g/mol. The summed E-state index contributed by atoms with van der Waals surface area (Å²) in [7, 11) is 0. The lowest BCUT2D eigenvalue weighted by Crippen LogP contribution is -2.06. The number of carbonyl (C=O) groups is 1. The van der Waals surface area contributed by atoms with Gasteiger partial charge in [0.05, 0.1) is 23.4 Å². The molecule has 0 spiro atoms. The van der Waals surface area contributed by atoms with E-state index in [0.29, 0.717) is 12.5 Å². The summed E-state index contributed by atoms with van der Waals surface area (Å²) in [5.74, 6) is -0.585. The number of ether oxygens (including phenoxy) is 1. The normalized spacial score (nSPS) is 10.6. The van der Waals surface area contributed by atoms with E-state index < -0.39 is 5.97 Å². The fraction of sp³-hybridized carbons (Fsp3) is 0.400. The SMILES string of the molecule is CCCc1cc(C(=O)O)cc(OCCc2scnc2C)n1. The van der Waals surface area contributed by atoms with Crippen molar-refractivity contribution in [1.82, 2.24) is 9.97 Å². The maximum absolute atomic E-state index is 11.1. The van der Waals surface area contributed by atoms with Crippen LogP contribution in [0.5, 0.6) is 5.88 Å². The highest BCUT2D eigenvalue weighted by atomic mass is 32.1. The van der Waals surface area contributed by atoms with Crippen molar-refractivity contribution in [2.75, 3.05) is 6.61 Å². The van der Waals surface area contributed by atoms with E-state index in [1.807, 2.05) is 19.4 Å². The van der Waals surface area contributed by atoms with Crippen LogP contribution in [0.1, 0.15) is 40.0 Å². The van der Waals surface area contributed by atoms with Gasteiger partial charge in [0.15, 0.2) is 0 Å². The number of carboxylic acid groups (broad SMARTS) is 1. The van der Waals surface area contributed by atoms with Crippen LogP contribution in [-0.2, 0) is 12.8 Å². The first kappa shape index (κ1) is 15.4. The second-order valence-electron chi connectivity index (χ2n) is 4.70. The standard InChI is InChI=1S/C15H18N2O3S/c1-3-4-12-7-11(15(18)19)8-14(17-12)20-6-5-13-10(2)16-9-21-13/h7-9H,3-6H2,1-2H3,(H,18,19). The first-order valence-corrected chi connectivity index (χ1v) is 7.74. The van der Waals surface area contributed by atoms with Crippen LogP contribution in [-0.4, -0.2) is 27.7 Å². The average Bonchev–Trinajstić information content (AvgIpc) is 2.84. The summed E-state index contributed by atoms with van der Waals surface area (Å²) in [6.45, 7) is 4.46. The number of pyridine rings is 1. The quantitative estimate of drug-likeness (QED) is 0.851. The zero-order valence-electron chi connectivity index (χ0n) is 12.1. The third-order valence-corrected chi connectivity index (χ3v) is 4.03. The van der Waals surface area contributed by atoms with Crippen molar-refractivity contribution in [3.8, 4) is 5.88 Å². The number of thiazole rings is 1. The third-order valence-electron chi connectivity index (χ3n) is 3.03. The molecule has 5 nitrogen and oxygen atoms in total. The maximum Gasteiger partial charge on any atom is 0.335 e. The van der Waals surface area contributed by atoms with Crippen LogP contribution in [0.3, 0.4) is 0 Å². The Labute approximate surface area is 127 Å². The van der Waals surface area contributed by atoms with Gasteiger partial charge in [0.2, 0.25) is 5.88 Å². The highest BCUT2D eigenvalue weighted by Gasteiger charge is 2.09. The van der Waals surface area contributed by atoms with E-state index in [2.05, 4.69) is 9.97 Å². The summed E-state index contributed by atoms with van der Waals surface area (Å²) in [6, 6.07) is 3.08. The monoisotopic (exact) mass is 306 g/mol. The molecule has 0 aliphatic heterocycles. The van der Waals surface area contributed by atoms with Crippen LogP contribution >= 0.6 is 11.3 Å². The molecule has 0 atom stereocenters. The van der Waals surface area contributed by atoms with Crippen molar-refractivity contribution in [2.45, 2.75) is 33.1 Å². The van der Waals surface area contributed by atoms with Crippen LogP contribution in [0, 0.1) is 6.92 Å². The molecule has 0 fully saturated rings. The minimum Gasteiger partial charge on any atom is -0.478 e. The lowest BCUT2D eigenvalue weighted by atomic mass is 10.1. The summed E-state index contributed by atoms with van der Waals surface area (Å²) < 4.78 is 5.62. The van der Waals surface area contributed by atoms with Crippen LogP contribution in [0.15, 0.2) is 17.6 Å². The summed E-state index contributed by atoms with van der Waals surface area (Å²) in [5.41, 5.74) is 3.80. The fourth-order valence-electron chi connectivity index (χ4n) is 1.96. The molecular weight excluding hydrogens is 288 g/mol. The molecule has 6 heteroatoms. The smallest absolute Gasteiger partial charge is 0.335 e. The van der Waals surface area contributed by atoms with E-state index in [-0.39, 0.29) is 5.56 Å². The van der Waals surface area contributed by atoms with Crippen molar-refractivity contribution in [3.05, 3.63) is 39.5 Å². The molecule has 0 amide bonds. The first-order valence-electron chi connectivity index (χ1n) is 6.86. The minimum atomic E-state index is -0.960. The Morgan fingerprint density at radius 3 is 2.81 bits per heavy atom. The molecule has 2 aromatic rings. The predicted octanol–water partition coefficient (Wildman–Crippen LogP) is 3.12. The lowest BCUT2D eigenvalue weighted by molar-refractivity contribution is 0.0696. The van der Waals surface area contributed by atoms with Crippen molar-refractivity contribution in [3.63, 3.8) is 0 Å². The van der Waals surface area contributed by atoms with Crippen molar-refractivity contribution in [2.24, 2.45) is 0 Å². The summed E-state index contributed by atoms with van der Waals surface area (Å²) in [6.07, 6.45) is 2.40. The number of nitrogens with zero attached hydrogens (tertiary/aromatic N) is 2. The van der Waals surface area contributed by atoms with Crippen LogP contribution in [0.2, 0.25) is 0 Å². The van der Waals surface area contributed by atoms with Crippen molar-refractivity contribution < 1.29 is 14.6 Å². The Morgan fingerprint density at radius 1 is 1.38 bits per heavy atom. The molecule has 0 aromatic carbocycles. The molecule has 0 aliphatic rings. The van der Waals surface area contributed by atoms with Gasteiger partial charge in [0, 0.05) is 23.1 Å². The van der Waals surface area contributed by atoms with E-state index in [0.717, 1.165) is 30.7 Å². The largest absolute Gasteiger partial charge is 0.478 e. The molecular formula is C15H18N2O3S. The summed E-state index contributed by atoms with van der Waals surface area (Å²) in [4.78, 5) is 20.8. The zero-order valence-corrected chi connectivity index (χ0v) is 12.9. The van der Waals surface area contributed by atoms with E-state index in [4.69, 9.17) is 9.84 Å². The van der Waals surface area contributed by atoms with Gasteiger partial charge in [-0.05, 0) is 19.4 Å². The van der Waals surface area contributed by atoms with Gasteiger partial charge in [0.1, 0.15) is 0 Å². The third kappa shape index (κ3) is 4.26. The molecule has 2 rings (SSSR count). The zero-order chi connectivity index (χ0) is 15.2. The molecule has 0 radical (unpaired) electrons. The topological polar surface area (TPSA) is 72.3 Å². The van der Waals surface area contributed by atoms with E-state index in [1.165, 1.54) is 10.9 Å². The summed E-state index contributed by atoms with van der Waals surface area (Å²) >= 11 is 1.60. The van der Waals surface area contributed by atoms with Gasteiger partial charge in [-0.15, -0.1) is 11.3 Å². The second kappa shape index (κ2) is 7.17. The van der Waals surface area contributed by atoms with E-state index in [9.17, 15) is 4.79 Å². The Balaban J connectivity index is 2.04. The molecule has 112 valence electrons. The van der Waals surface area contributed by atoms with E-state index >= 15 is 0 Å². The van der Waals surface area contributed by atoms with Gasteiger partial charge >= 0.3 is 5.97 Å². The number of rotatable bonds is 7. The molecule has 0 saturated heterocycles. The maximum atomic E-state index is 11.1. The minimum absolute atomic E-state index is 0.220. The van der Waals surface area contributed by atoms with Crippen molar-refractivity contribution in [1.29, 1.82) is 0 Å². The Morgan fingerprint density at radius 2 is 2.19 bits per heavy atom. The molecule has 0 aliphatic carbocycles. The number of hydrogen-bond acceptors (Lipinski definition) is 5. The Kier molecular flexibility index (Phi) is 5.27. The van der Waals surface area contributed by atoms with Crippen LogP contribution in [0.25, 0.3) is 0 Å². The number of aromatic nitrogens is 2. The molecule has 2 aromatic heterocycles. The second-order valence-corrected chi connectivity index (χ2v) is 5.64. The van der Waals surface area contributed by atoms with Crippen LogP contribution < -0.4 is 4.74 Å². The fourth-order valence-corrected chi connectivity index (χ4v) is 2.72. The number of aryl methyl sites for hydroxylation is 2. The summed E-state index contributed by atoms with van der Waals surface area (Å²) in [5, 5.41) is 9.12. The van der Waals surface area contributed by atoms with Gasteiger partial charge in [-0.1, -0.05) is 13.3 Å². The van der Waals surface area contributed by atoms with Gasteiger partial charge in [-0.3, -0.25) is 0 Å². The Bertz CT molecular complexity index is 625. The van der Waals surface area contributed by atoms with Gasteiger partial charge in [-0.25, -0.2) is 14.8 Å². The Hall–Kier alpha value is -1.95. The number of aromatic carboxylic acids is 1. The van der Waals surface area contributed by atoms with Gasteiger partial charge < -0.3 is 9.84 Å². The first-order chi connectivity index (χ1) is 10.1. The number of carboxylic acids is 1. The van der Waals surface area contributed by atoms with Gasteiger partial charge in [-0.2, -0.15) is 0 Å². The van der Waals surface area contributed by atoms with Crippen molar-refractivity contribution >= 4 is 17.3 Å². The highest BCUT2D eigenvalue weighted by Crippen LogP contribution is 2.16. The molecule has 0 unspecified atom stereocenters. The molecule has 1 N–H and O–H groups in total. The lowest BCUT2D eigenvalue weighted by Gasteiger charge is -2.08. The van der Waals surface area contributed by atoms with Crippen LogP contribution in [0.4, 0.5) is 0 Å². The van der Waals surface area contributed by atoms with E-state index in [1.54, 1.807) is 17.4 Å². The van der Waals surface area contributed by atoms with Gasteiger partial charge in [0.25, 0.3) is 0 Å². The number of hydrogen-bond donors (Lipinski definition) is 1. The molecule has 0 bridgehead atoms. The molecule has 2 heterocycles. The molecule has 0 saturated carbocycles. The molecule has 21 heavy (non-hydrogen) atoms.